The van der Waals surface area contributed by atoms with Crippen LogP contribution in [0.2, 0.25) is 5.02 Å². The van der Waals surface area contributed by atoms with E-state index in [0.717, 1.165) is 36.3 Å². The number of rotatable bonds is 4. The summed E-state index contributed by atoms with van der Waals surface area (Å²) in [7, 11) is 3.05. The lowest BCUT2D eigenvalue weighted by Gasteiger charge is -2.26. The number of methoxy groups -OCH3 is 2. The molecule has 1 amide bonds. The minimum atomic E-state index is -0.0811. The number of hydrogen-bond acceptors (Lipinski definition) is 5. The molecule has 0 aromatic heterocycles. The third-order valence-corrected chi connectivity index (χ3v) is 5.63. The molecule has 1 fully saturated rings. The molecule has 0 N–H and O–H groups in total. The lowest BCUT2D eigenvalue weighted by atomic mass is 10.0. The van der Waals surface area contributed by atoms with Crippen LogP contribution in [0.4, 0.5) is 0 Å². The Hall–Kier alpha value is -2.60. The molecule has 1 saturated heterocycles. The van der Waals surface area contributed by atoms with Gasteiger partial charge >= 0.3 is 0 Å². The Kier molecular flexibility index (Phi) is 5.72. The van der Waals surface area contributed by atoms with Crippen molar-refractivity contribution in [3.63, 3.8) is 0 Å². The van der Waals surface area contributed by atoms with Gasteiger partial charge in [0.15, 0.2) is 23.0 Å². The molecule has 2 aliphatic heterocycles. The summed E-state index contributed by atoms with van der Waals surface area (Å²) in [5, 5.41) is 0.349. The van der Waals surface area contributed by atoms with Gasteiger partial charge in [0, 0.05) is 18.5 Å². The lowest BCUT2D eigenvalue weighted by Crippen LogP contribution is -2.30. The van der Waals surface area contributed by atoms with E-state index in [2.05, 4.69) is 0 Å². The van der Waals surface area contributed by atoms with Crippen LogP contribution < -0.4 is 18.9 Å². The monoisotopic (exact) mass is 417 g/mol. The van der Waals surface area contributed by atoms with Crippen LogP contribution in [0.25, 0.3) is 0 Å². The number of nitrogens with zero attached hydrogens (tertiary/aromatic N) is 1. The van der Waals surface area contributed by atoms with Crippen LogP contribution >= 0.6 is 11.6 Å². The van der Waals surface area contributed by atoms with E-state index >= 15 is 0 Å². The van der Waals surface area contributed by atoms with Gasteiger partial charge in [-0.3, -0.25) is 4.79 Å². The minimum absolute atomic E-state index is 0.0217. The van der Waals surface area contributed by atoms with E-state index in [1.807, 2.05) is 23.1 Å². The van der Waals surface area contributed by atoms with Gasteiger partial charge in [0.05, 0.1) is 38.5 Å². The third-order valence-electron chi connectivity index (χ3n) is 5.35. The van der Waals surface area contributed by atoms with Crippen molar-refractivity contribution in [2.45, 2.75) is 25.3 Å². The highest BCUT2D eigenvalue weighted by atomic mass is 35.5. The standard InChI is InChI=1S/C22H24ClNO5/c1-26-20-13-15(11-16(23)21(20)27-2)22(25)24-8-3-5-17(24)14-6-7-18-19(12-14)29-10-4-9-28-18/h6-7,11-13,17H,3-5,8-10H2,1-2H3/t17-/m0/s1. The van der Waals surface area contributed by atoms with Crippen molar-refractivity contribution in [1.82, 2.24) is 4.90 Å². The molecule has 2 aliphatic rings. The number of benzene rings is 2. The van der Waals surface area contributed by atoms with Crippen LogP contribution in [0.1, 0.15) is 41.2 Å². The van der Waals surface area contributed by atoms with Crippen molar-refractivity contribution in [2.24, 2.45) is 0 Å². The second-order valence-corrected chi connectivity index (χ2v) is 7.51. The maximum Gasteiger partial charge on any atom is 0.254 e. The SMILES string of the molecule is COc1cc(C(=O)N2CCC[C@H]2c2ccc3c(c2)OCCCO3)cc(Cl)c1OC. The molecule has 4 rings (SSSR count). The first kappa shape index (κ1) is 19.7. The Morgan fingerprint density at radius 3 is 2.62 bits per heavy atom. The molecule has 0 spiro atoms. The summed E-state index contributed by atoms with van der Waals surface area (Å²) >= 11 is 6.31. The zero-order valence-corrected chi connectivity index (χ0v) is 17.3. The van der Waals surface area contributed by atoms with Crippen LogP contribution in [0.3, 0.4) is 0 Å². The molecule has 0 bridgehead atoms. The molecule has 154 valence electrons. The highest BCUT2D eigenvalue weighted by Crippen LogP contribution is 2.40. The van der Waals surface area contributed by atoms with Crippen molar-refractivity contribution in [1.29, 1.82) is 0 Å². The predicted molar refractivity (Wildman–Crippen MR) is 110 cm³/mol. The summed E-state index contributed by atoms with van der Waals surface area (Å²) in [4.78, 5) is 15.2. The van der Waals surface area contributed by atoms with Gasteiger partial charge in [0.2, 0.25) is 0 Å². The van der Waals surface area contributed by atoms with Gasteiger partial charge in [0.1, 0.15) is 0 Å². The summed E-state index contributed by atoms with van der Waals surface area (Å²) in [5.41, 5.74) is 1.53. The summed E-state index contributed by atoms with van der Waals surface area (Å²) < 4.78 is 22.2. The topological polar surface area (TPSA) is 57.2 Å². The molecular formula is C22H24ClNO5. The normalized spacial score (nSPS) is 18.3. The average molecular weight is 418 g/mol. The van der Waals surface area contributed by atoms with E-state index in [4.69, 9.17) is 30.5 Å². The largest absolute Gasteiger partial charge is 0.493 e. The van der Waals surface area contributed by atoms with Crippen LogP contribution in [0.5, 0.6) is 23.0 Å². The Balaban J connectivity index is 1.63. The van der Waals surface area contributed by atoms with E-state index < -0.39 is 0 Å². The Morgan fingerprint density at radius 1 is 1.07 bits per heavy atom. The van der Waals surface area contributed by atoms with E-state index in [1.54, 1.807) is 12.1 Å². The molecule has 6 nitrogen and oxygen atoms in total. The summed E-state index contributed by atoms with van der Waals surface area (Å²) in [6.45, 7) is 1.97. The summed E-state index contributed by atoms with van der Waals surface area (Å²) in [6.07, 6.45) is 2.69. The van der Waals surface area contributed by atoms with Gasteiger partial charge in [-0.15, -0.1) is 0 Å². The molecule has 2 aromatic carbocycles. The van der Waals surface area contributed by atoms with E-state index in [9.17, 15) is 4.79 Å². The van der Waals surface area contributed by atoms with Gasteiger partial charge in [-0.05, 0) is 42.7 Å². The first-order valence-corrected chi connectivity index (χ1v) is 10.1. The molecule has 0 radical (unpaired) electrons. The third kappa shape index (κ3) is 3.81. The second-order valence-electron chi connectivity index (χ2n) is 7.11. The van der Waals surface area contributed by atoms with Crippen molar-refractivity contribution >= 4 is 17.5 Å². The van der Waals surface area contributed by atoms with E-state index in [1.165, 1.54) is 14.2 Å². The molecular weight excluding hydrogens is 394 g/mol. The zero-order valence-electron chi connectivity index (χ0n) is 16.6. The van der Waals surface area contributed by atoms with Crippen LogP contribution in [-0.2, 0) is 0 Å². The molecule has 29 heavy (non-hydrogen) atoms. The van der Waals surface area contributed by atoms with Gasteiger partial charge in [0.25, 0.3) is 5.91 Å². The number of fused-ring (bicyclic) bond motifs is 1. The fraction of sp³-hybridized carbons (Fsp3) is 0.409. The zero-order chi connectivity index (χ0) is 20.4. The van der Waals surface area contributed by atoms with Crippen molar-refractivity contribution in [2.75, 3.05) is 34.0 Å². The van der Waals surface area contributed by atoms with Crippen LogP contribution in [0.15, 0.2) is 30.3 Å². The smallest absolute Gasteiger partial charge is 0.254 e. The second kappa shape index (κ2) is 8.41. The number of amides is 1. The maximum atomic E-state index is 13.3. The first-order valence-electron chi connectivity index (χ1n) is 9.74. The lowest BCUT2D eigenvalue weighted by molar-refractivity contribution is 0.0735. The van der Waals surface area contributed by atoms with E-state index in [-0.39, 0.29) is 11.9 Å². The number of ether oxygens (including phenoxy) is 4. The van der Waals surface area contributed by atoms with Gasteiger partial charge in [-0.1, -0.05) is 17.7 Å². The number of halogens is 1. The molecule has 1 atom stereocenters. The van der Waals surface area contributed by atoms with Gasteiger partial charge in [-0.25, -0.2) is 0 Å². The number of hydrogen-bond donors (Lipinski definition) is 0. The van der Waals surface area contributed by atoms with Crippen molar-refractivity contribution in [3.8, 4) is 23.0 Å². The van der Waals surface area contributed by atoms with E-state index in [0.29, 0.717) is 41.8 Å². The molecule has 7 heteroatoms. The Labute approximate surface area is 175 Å². The van der Waals surface area contributed by atoms with Gasteiger partial charge in [-0.2, -0.15) is 0 Å². The molecule has 0 saturated carbocycles. The molecule has 0 unspecified atom stereocenters. The predicted octanol–water partition coefficient (Wildman–Crippen LogP) is 4.50. The van der Waals surface area contributed by atoms with Crippen LogP contribution in [-0.4, -0.2) is 44.8 Å². The van der Waals surface area contributed by atoms with Crippen molar-refractivity contribution < 1.29 is 23.7 Å². The molecule has 0 aliphatic carbocycles. The summed E-state index contributed by atoms with van der Waals surface area (Å²) in [6, 6.07) is 9.24. The average Bonchev–Trinajstić information content (AvgIpc) is 3.11. The number of carbonyl (C=O) groups excluding carboxylic acids is 1. The first-order chi connectivity index (χ1) is 14.1. The fourth-order valence-corrected chi connectivity index (χ4v) is 4.24. The quantitative estimate of drug-likeness (QED) is 0.733. The molecule has 2 aromatic rings. The Bertz CT molecular complexity index is 916. The van der Waals surface area contributed by atoms with Crippen molar-refractivity contribution in [3.05, 3.63) is 46.5 Å². The Morgan fingerprint density at radius 2 is 1.86 bits per heavy atom. The highest BCUT2D eigenvalue weighted by molar-refractivity contribution is 6.32. The number of likely N-dealkylation sites (tertiary alicyclic amines) is 1. The summed E-state index contributed by atoms with van der Waals surface area (Å²) in [5.74, 6) is 2.28. The highest BCUT2D eigenvalue weighted by Gasteiger charge is 2.32. The fourth-order valence-electron chi connectivity index (χ4n) is 3.95. The van der Waals surface area contributed by atoms with Gasteiger partial charge < -0.3 is 23.8 Å². The minimum Gasteiger partial charge on any atom is -0.493 e. The maximum absolute atomic E-state index is 13.3. The van der Waals surface area contributed by atoms with Crippen LogP contribution in [0, 0.1) is 0 Å². The number of carbonyl (C=O) groups is 1. The molecule has 2 heterocycles.